The lowest BCUT2D eigenvalue weighted by Crippen LogP contribution is -2.39. The second-order valence-corrected chi connectivity index (χ2v) is 4.01. The van der Waals surface area contributed by atoms with Gasteiger partial charge < -0.3 is 15.7 Å². The number of carbonyl (C=O) groups is 3. The molecular weight excluding hydrogens is 298 g/mol. The van der Waals surface area contributed by atoms with E-state index in [-0.39, 0.29) is 10.6 Å². The molecule has 0 fully saturated rings. The molecule has 0 aliphatic heterocycles. The van der Waals surface area contributed by atoms with Crippen LogP contribution >= 0.6 is 11.6 Å². The van der Waals surface area contributed by atoms with E-state index in [0.717, 1.165) is 0 Å². The van der Waals surface area contributed by atoms with Gasteiger partial charge in [0, 0.05) is 0 Å². The summed E-state index contributed by atoms with van der Waals surface area (Å²) in [5.74, 6) is -5.34. The van der Waals surface area contributed by atoms with Gasteiger partial charge in [0.25, 0.3) is 5.91 Å². The van der Waals surface area contributed by atoms with Crippen molar-refractivity contribution in [1.82, 2.24) is 10.6 Å². The van der Waals surface area contributed by atoms with Crippen LogP contribution in [-0.2, 0) is 9.59 Å². The summed E-state index contributed by atoms with van der Waals surface area (Å²) in [6.45, 7) is -1.12. The van der Waals surface area contributed by atoms with E-state index >= 15 is 0 Å². The maximum Gasteiger partial charge on any atom is 0.322 e. The predicted octanol–water partition coefficient (Wildman–Crippen LogP) is 0.549. The van der Waals surface area contributed by atoms with Gasteiger partial charge in [-0.2, -0.15) is 0 Å². The van der Waals surface area contributed by atoms with Crippen LogP contribution < -0.4 is 10.6 Å². The summed E-state index contributed by atoms with van der Waals surface area (Å²) in [4.78, 5) is 32.9. The highest BCUT2D eigenvalue weighted by Crippen LogP contribution is 2.19. The van der Waals surface area contributed by atoms with Gasteiger partial charge in [-0.05, 0) is 12.1 Å². The van der Waals surface area contributed by atoms with E-state index in [0.29, 0.717) is 12.1 Å². The molecule has 3 N–H and O–H groups in total. The van der Waals surface area contributed by atoms with Crippen molar-refractivity contribution in [2.75, 3.05) is 13.1 Å². The third-order valence-corrected chi connectivity index (χ3v) is 2.41. The summed E-state index contributed by atoms with van der Waals surface area (Å²) >= 11 is 5.57. The highest BCUT2D eigenvalue weighted by Gasteiger charge is 2.15. The van der Waals surface area contributed by atoms with Gasteiger partial charge in [0.2, 0.25) is 5.91 Å². The van der Waals surface area contributed by atoms with Gasteiger partial charge in [-0.3, -0.25) is 14.4 Å². The number of halogens is 3. The van der Waals surface area contributed by atoms with Gasteiger partial charge in [-0.25, -0.2) is 8.78 Å². The van der Waals surface area contributed by atoms with Gasteiger partial charge >= 0.3 is 5.97 Å². The number of rotatable bonds is 5. The topological polar surface area (TPSA) is 95.5 Å². The summed E-state index contributed by atoms with van der Waals surface area (Å²) in [7, 11) is 0. The van der Waals surface area contributed by atoms with Crippen LogP contribution in [0.1, 0.15) is 10.4 Å². The number of hydrogen-bond donors (Lipinski definition) is 3. The maximum absolute atomic E-state index is 13.0. The Hall–Kier alpha value is -2.22. The van der Waals surface area contributed by atoms with Crippen molar-refractivity contribution >= 4 is 29.4 Å². The van der Waals surface area contributed by atoms with Gasteiger partial charge in [0.15, 0.2) is 11.6 Å². The van der Waals surface area contributed by atoms with Gasteiger partial charge in [-0.1, -0.05) is 11.6 Å². The molecule has 108 valence electrons. The van der Waals surface area contributed by atoms with Crippen molar-refractivity contribution in [3.05, 3.63) is 34.4 Å². The molecule has 20 heavy (non-hydrogen) atoms. The number of hydrogen-bond acceptors (Lipinski definition) is 3. The monoisotopic (exact) mass is 306 g/mol. The first kappa shape index (κ1) is 15.8. The molecular formula is C11H9ClF2N2O4. The average Bonchev–Trinajstić information content (AvgIpc) is 2.37. The zero-order valence-corrected chi connectivity index (χ0v) is 10.6. The van der Waals surface area contributed by atoms with E-state index in [1.807, 2.05) is 5.32 Å². The zero-order chi connectivity index (χ0) is 15.3. The molecule has 0 saturated carbocycles. The van der Waals surface area contributed by atoms with Crippen LogP contribution in [0.15, 0.2) is 12.1 Å². The largest absolute Gasteiger partial charge is 0.480 e. The minimum atomic E-state index is -1.25. The molecule has 0 radical (unpaired) electrons. The van der Waals surface area contributed by atoms with E-state index < -0.39 is 42.5 Å². The Kier molecular flexibility index (Phi) is 5.39. The van der Waals surface area contributed by atoms with Gasteiger partial charge in [-0.15, -0.1) is 0 Å². The molecule has 0 aliphatic rings. The molecule has 1 aromatic carbocycles. The van der Waals surface area contributed by atoms with Crippen LogP contribution in [-0.4, -0.2) is 36.0 Å². The van der Waals surface area contributed by atoms with E-state index in [1.165, 1.54) is 0 Å². The van der Waals surface area contributed by atoms with Crippen molar-refractivity contribution in [2.24, 2.45) is 0 Å². The van der Waals surface area contributed by atoms with Crippen LogP contribution in [0.5, 0.6) is 0 Å². The summed E-state index contributed by atoms with van der Waals surface area (Å²) in [5, 5.41) is 12.1. The summed E-state index contributed by atoms with van der Waals surface area (Å²) < 4.78 is 25.8. The van der Waals surface area contributed by atoms with Crippen LogP contribution in [0.4, 0.5) is 8.78 Å². The molecule has 0 heterocycles. The maximum atomic E-state index is 13.0. The van der Waals surface area contributed by atoms with E-state index in [9.17, 15) is 23.2 Å². The molecule has 0 bridgehead atoms. The minimum Gasteiger partial charge on any atom is -0.480 e. The standard InChI is InChI=1S/C11H9ClF2N2O4/c12-6-2-8(14)7(13)1-5(6)11(20)16-3-9(17)15-4-10(18)19/h1-2H,3-4H2,(H,15,17)(H,16,20)(H,18,19). The lowest BCUT2D eigenvalue weighted by molar-refractivity contribution is -0.137. The highest BCUT2D eigenvalue weighted by atomic mass is 35.5. The summed E-state index contributed by atoms with van der Waals surface area (Å²) in [6.07, 6.45) is 0. The number of aliphatic carboxylic acids is 1. The fourth-order valence-electron chi connectivity index (χ4n) is 1.19. The Morgan fingerprint density at radius 3 is 2.30 bits per heavy atom. The molecule has 9 heteroatoms. The van der Waals surface area contributed by atoms with Crippen molar-refractivity contribution in [1.29, 1.82) is 0 Å². The molecule has 0 aliphatic carbocycles. The number of carboxylic acid groups (broad SMARTS) is 1. The fourth-order valence-corrected chi connectivity index (χ4v) is 1.43. The Morgan fingerprint density at radius 1 is 1.10 bits per heavy atom. The molecule has 1 rings (SSSR count). The Morgan fingerprint density at radius 2 is 1.70 bits per heavy atom. The first-order chi connectivity index (χ1) is 9.31. The van der Waals surface area contributed by atoms with Crippen LogP contribution in [0.2, 0.25) is 5.02 Å². The number of carbonyl (C=O) groups excluding carboxylic acids is 2. The molecule has 0 aromatic heterocycles. The lowest BCUT2D eigenvalue weighted by atomic mass is 10.2. The molecule has 0 atom stereocenters. The smallest absolute Gasteiger partial charge is 0.322 e. The van der Waals surface area contributed by atoms with E-state index in [4.69, 9.17) is 16.7 Å². The van der Waals surface area contributed by atoms with Crippen LogP contribution in [0.3, 0.4) is 0 Å². The normalized spacial score (nSPS) is 9.95. The first-order valence-corrected chi connectivity index (χ1v) is 5.60. The molecule has 6 nitrogen and oxygen atoms in total. The SMILES string of the molecule is O=C(O)CNC(=O)CNC(=O)c1cc(F)c(F)cc1Cl. The first-order valence-electron chi connectivity index (χ1n) is 5.22. The quantitative estimate of drug-likeness (QED) is 0.692. The Bertz CT molecular complexity index is 566. The second-order valence-electron chi connectivity index (χ2n) is 3.60. The Labute approximate surface area is 116 Å². The van der Waals surface area contributed by atoms with E-state index in [1.54, 1.807) is 0 Å². The molecule has 2 amide bonds. The van der Waals surface area contributed by atoms with Crippen LogP contribution in [0, 0.1) is 11.6 Å². The lowest BCUT2D eigenvalue weighted by Gasteiger charge is -2.07. The minimum absolute atomic E-state index is 0.313. The van der Waals surface area contributed by atoms with E-state index in [2.05, 4.69) is 5.32 Å². The van der Waals surface area contributed by atoms with Gasteiger partial charge in [0.05, 0.1) is 17.1 Å². The zero-order valence-electron chi connectivity index (χ0n) is 9.87. The predicted molar refractivity (Wildman–Crippen MR) is 64.3 cm³/mol. The summed E-state index contributed by atoms with van der Waals surface area (Å²) in [5.41, 5.74) is -0.336. The number of nitrogens with one attached hydrogen (secondary N) is 2. The number of benzene rings is 1. The number of amides is 2. The summed E-state index contributed by atoms with van der Waals surface area (Å²) in [6, 6.07) is 1.23. The number of carboxylic acids is 1. The van der Waals surface area contributed by atoms with Crippen molar-refractivity contribution in [2.45, 2.75) is 0 Å². The van der Waals surface area contributed by atoms with Crippen molar-refractivity contribution in [3.63, 3.8) is 0 Å². The molecule has 1 aromatic rings. The molecule has 0 spiro atoms. The van der Waals surface area contributed by atoms with Crippen molar-refractivity contribution in [3.8, 4) is 0 Å². The van der Waals surface area contributed by atoms with Crippen molar-refractivity contribution < 1.29 is 28.3 Å². The highest BCUT2D eigenvalue weighted by molar-refractivity contribution is 6.33. The third kappa shape index (κ3) is 4.47. The molecule has 0 saturated heterocycles. The van der Waals surface area contributed by atoms with Crippen LogP contribution in [0.25, 0.3) is 0 Å². The Balaban J connectivity index is 2.61. The molecule has 0 unspecified atom stereocenters. The van der Waals surface area contributed by atoms with Gasteiger partial charge in [0.1, 0.15) is 6.54 Å². The fraction of sp³-hybridized carbons (Fsp3) is 0.182. The average molecular weight is 307 g/mol. The third-order valence-electron chi connectivity index (χ3n) is 2.10. The second kappa shape index (κ2) is 6.80.